The van der Waals surface area contributed by atoms with Crippen LogP contribution in [0, 0.1) is 0 Å². The molecule has 4 nitrogen and oxygen atoms in total. The van der Waals surface area contributed by atoms with E-state index in [0.717, 1.165) is 20.5 Å². The number of hydrogen-bond donors (Lipinski definition) is 0. The zero-order valence-corrected chi connectivity index (χ0v) is 14.0. The van der Waals surface area contributed by atoms with E-state index in [9.17, 15) is 0 Å². The third-order valence-electron chi connectivity index (χ3n) is 3.29. The molecule has 0 bridgehead atoms. The van der Waals surface area contributed by atoms with E-state index < -0.39 is 20.9 Å². The van der Waals surface area contributed by atoms with Crippen molar-refractivity contribution in [2.45, 2.75) is 0 Å². The number of benzene rings is 2. The molecule has 5 heteroatoms. The van der Waals surface area contributed by atoms with E-state index in [4.69, 9.17) is 0 Å². The first-order valence-electron chi connectivity index (χ1n) is 6.89. The Morgan fingerprint density at radius 3 is 2.32 bits per heavy atom. The summed E-state index contributed by atoms with van der Waals surface area (Å²) in [6.07, 6.45) is 3.53. The average Bonchev–Trinajstić information content (AvgIpc) is 3.02. The van der Waals surface area contributed by atoms with Gasteiger partial charge in [0.2, 0.25) is 0 Å². The van der Waals surface area contributed by atoms with Crippen LogP contribution in [0.4, 0.5) is 0 Å². The molecule has 0 amide bonds. The van der Waals surface area contributed by atoms with Crippen LogP contribution in [0.3, 0.4) is 0 Å². The van der Waals surface area contributed by atoms with E-state index in [2.05, 4.69) is 39.3 Å². The predicted octanol–water partition coefficient (Wildman–Crippen LogP) is 1.47. The standard InChI is InChI=1S/C17H12N4Te/c1-3-7-13(8-4-1)21-16-15(11-20-21)17(19-12-18-16)22-14-9-5-2-6-10-14/h1-12H. The van der Waals surface area contributed by atoms with Crippen molar-refractivity contribution in [2.24, 2.45) is 0 Å². The molecule has 0 atom stereocenters. The van der Waals surface area contributed by atoms with Crippen LogP contribution in [0.1, 0.15) is 0 Å². The molecule has 4 rings (SSSR count). The maximum atomic E-state index is 4.50. The van der Waals surface area contributed by atoms with Gasteiger partial charge in [0.05, 0.1) is 0 Å². The van der Waals surface area contributed by atoms with E-state index >= 15 is 0 Å². The maximum absolute atomic E-state index is 4.50. The van der Waals surface area contributed by atoms with Gasteiger partial charge in [-0.1, -0.05) is 0 Å². The summed E-state index contributed by atoms with van der Waals surface area (Å²) in [6.45, 7) is 0. The van der Waals surface area contributed by atoms with Crippen molar-refractivity contribution in [1.82, 2.24) is 19.7 Å². The summed E-state index contributed by atoms with van der Waals surface area (Å²) in [5.74, 6) is 0. The number of nitrogens with zero attached hydrogens (tertiary/aromatic N) is 4. The summed E-state index contributed by atoms with van der Waals surface area (Å²) in [6, 6.07) is 20.6. The Balaban J connectivity index is 1.81. The van der Waals surface area contributed by atoms with Gasteiger partial charge in [-0.3, -0.25) is 0 Å². The van der Waals surface area contributed by atoms with Gasteiger partial charge in [-0.25, -0.2) is 0 Å². The van der Waals surface area contributed by atoms with Crippen molar-refractivity contribution in [1.29, 1.82) is 0 Å². The molecule has 0 N–H and O–H groups in total. The van der Waals surface area contributed by atoms with Gasteiger partial charge < -0.3 is 0 Å². The van der Waals surface area contributed by atoms with Crippen LogP contribution in [-0.2, 0) is 0 Å². The van der Waals surface area contributed by atoms with E-state index in [-0.39, 0.29) is 0 Å². The second-order valence-corrected chi connectivity index (χ2v) is 7.75. The minimum absolute atomic E-state index is 0.537. The van der Waals surface area contributed by atoms with Gasteiger partial charge in [-0.2, -0.15) is 0 Å². The Morgan fingerprint density at radius 2 is 1.55 bits per heavy atom. The summed E-state index contributed by atoms with van der Waals surface area (Å²) in [5, 5.41) is 5.56. The normalized spacial score (nSPS) is 10.9. The van der Waals surface area contributed by atoms with Crippen LogP contribution in [-0.4, -0.2) is 40.7 Å². The zero-order chi connectivity index (χ0) is 14.8. The van der Waals surface area contributed by atoms with Crippen molar-refractivity contribution in [3.63, 3.8) is 0 Å². The molecule has 0 fully saturated rings. The van der Waals surface area contributed by atoms with Gasteiger partial charge in [-0.15, -0.1) is 0 Å². The van der Waals surface area contributed by atoms with Crippen molar-refractivity contribution >= 4 is 39.3 Å². The van der Waals surface area contributed by atoms with Gasteiger partial charge in [-0.05, 0) is 0 Å². The van der Waals surface area contributed by atoms with Crippen LogP contribution in [0.5, 0.6) is 0 Å². The fourth-order valence-electron chi connectivity index (χ4n) is 2.26. The number of para-hydroxylation sites is 1. The van der Waals surface area contributed by atoms with Crippen LogP contribution in [0.15, 0.2) is 73.2 Å². The molecule has 0 aliphatic carbocycles. The van der Waals surface area contributed by atoms with Gasteiger partial charge in [0.15, 0.2) is 0 Å². The summed E-state index contributed by atoms with van der Waals surface area (Å²) in [5.41, 5.74) is 1.89. The first-order chi connectivity index (χ1) is 10.9. The molecule has 0 unspecified atom stereocenters. The Labute approximate surface area is 137 Å². The molecule has 2 aromatic heterocycles. The number of rotatable bonds is 3. The fourth-order valence-corrected chi connectivity index (χ4v) is 4.75. The molecule has 0 saturated carbocycles. The molecule has 0 aliphatic heterocycles. The second-order valence-electron chi connectivity index (χ2n) is 4.72. The Kier molecular flexibility index (Phi) is 3.59. The molecule has 2 heterocycles. The molecule has 22 heavy (non-hydrogen) atoms. The molecule has 0 radical (unpaired) electrons. The van der Waals surface area contributed by atoms with Crippen LogP contribution < -0.4 is 7.35 Å². The average molecular weight is 400 g/mol. The zero-order valence-electron chi connectivity index (χ0n) is 11.6. The summed E-state index contributed by atoms with van der Waals surface area (Å²) >= 11 is -0.537. The monoisotopic (exact) mass is 402 g/mol. The molecule has 0 aliphatic rings. The molecular weight excluding hydrogens is 388 g/mol. The number of hydrogen-bond acceptors (Lipinski definition) is 3. The van der Waals surface area contributed by atoms with Crippen molar-refractivity contribution in [3.8, 4) is 5.69 Å². The topological polar surface area (TPSA) is 43.6 Å². The Bertz CT molecular complexity index is 904. The molecule has 4 aromatic rings. The third-order valence-corrected chi connectivity index (χ3v) is 6.22. The second kappa shape index (κ2) is 5.88. The summed E-state index contributed by atoms with van der Waals surface area (Å²) in [7, 11) is 0. The predicted molar refractivity (Wildman–Crippen MR) is 88.1 cm³/mol. The molecule has 0 spiro atoms. The van der Waals surface area contributed by atoms with E-state index in [1.54, 1.807) is 6.33 Å². The molecule has 106 valence electrons. The van der Waals surface area contributed by atoms with Crippen molar-refractivity contribution in [2.75, 3.05) is 0 Å². The van der Waals surface area contributed by atoms with Gasteiger partial charge >= 0.3 is 138 Å². The third kappa shape index (κ3) is 2.50. The van der Waals surface area contributed by atoms with Gasteiger partial charge in [0.25, 0.3) is 0 Å². The van der Waals surface area contributed by atoms with Gasteiger partial charge in [0, 0.05) is 0 Å². The summed E-state index contributed by atoms with van der Waals surface area (Å²) < 4.78 is 4.36. The fraction of sp³-hybridized carbons (Fsp3) is 0. The minimum atomic E-state index is -0.537. The molecule has 2 aromatic carbocycles. The van der Waals surface area contributed by atoms with E-state index in [0.29, 0.717) is 0 Å². The SMILES string of the molecule is c1ccc([Te]c2ncnc3c2cnn3-c2ccccc2)cc1. The Hall–Kier alpha value is -2.22. The van der Waals surface area contributed by atoms with E-state index in [1.807, 2.05) is 47.3 Å². The summed E-state index contributed by atoms with van der Waals surface area (Å²) in [4.78, 5) is 8.93. The van der Waals surface area contributed by atoms with Crippen LogP contribution in [0.2, 0.25) is 0 Å². The van der Waals surface area contributed by atoms with Crippen LogP contribution in [0.25, 0.3) is 16.7 Å². The van der Waals surface area contributed by atoms with Crippen LogP contribution >= 0.6 is 0 Å². The number of aromatic nitrogens is 4. The first-order valence-corrected chi connectivity index (χ1v) is 9.22. The van der Waals surface area contributed by atoms with Gasteiger partial charge in [0.1, 0.15) is 0 Å². The quantitative estimate of drug-likeness (QED) is 0.490. The molecule has 0 saturated heterocycles. The Morgan fingerprint density at radius 1 is 0.818 bits per heavy atom. The molecular formula is C17H12N4Te. The van der Waals surface area contributed by atoms with Crippen molar-refractivity contribution < 1.29 is 0 Å². The van der Waals surface area contributed by atoms with Crippen molar-refractivity contribution in [3.05, 3.63) is 73.2 Å². The number of fused-ring (bicyclic) bond motifs is 1. The first kappa shape index (κ1) is 13.4. The van der Waals surface area contributed by atoms with E-state index in [1.165, 1.54) is 3.61 Å².